The third-order valence-corrected chi connectivity index (χ3v) is 4.04. The summed E-state index contributed by atoms with van der Waals surface area (Å²) >= 11 is 13.4. The van der Waals surface area contributed by atoms with Crippen molar-refractivity contribution in [1.82, 2.24) is 0 Å². The molecule has 0 saturated carbocycles. The fraction of sp³-hybridized carbons (Fsp3) is 0.154. The standard InChI is InChI=1S/C13H10Cl2O2S/c1-8-5-6-12(18-8)13(16)17-7-9-10(14)3-2-4-11(9)15/h2-6H,7H2,1H3. The molecule has 2 rings (SSSR count). The Labute approximate surface area is 119 Å². The van der Waals surface area contributed by atoms with Gasteiger partial charge in [0.2, 0.25) is 0 Å². The summed E-state index contributed by atoms with van der Waals surface area (Å²) in [5.41, 5.74) is 0.627. The highest BCUT2D eigenvalue weighted by molar-refractivity contribution is 7.13. The van der Waals surface area contributed by atoms with Crippen LogP contribution < -0.4 is 0 Å². The zero-order valence-corrected chi connectivity index (χ0v) is 11.9. The van der Waals surface area contributed by atoms with Gasteiger partial charge in [-0.15, -0.1) is 11.3 Å². The maximum absolute atomic E-state index is 11.8. The Morgan fingerprint density at radius 1 is 1.22 bits per heavy atom. The third kappa shape index (κ3) is 3.05. The highest BCUT2D eigenvalue weighted by Crippen LogP contribution is 2.25. The molecule has 1 heterocycles. The number of hydrogen-bond acceptors (Lipinski definition) is 3. The molecule has 0 atom stereocenters. The number of rotatable bonds is 3. The highest BCUT2D eigenvalue weighted by atomic mass is 35.5. The van der Waals surface area contributed by atoms with E-state index in [4.69, 9.17) is 27.9 Å². The number of carbonyl (C=O) groups is 1. The SMILES string of the molecule is Cc1ccc(C(=O)OCc2c(Cl)cccc2Cl)s1. The first kappa shape index (κ1) is 13.4. The van der Waals surface area contributed by atoms with Crippen LogP contribution in [0.3, 0.4) is 0 Å². The lowest BCUT2D eigenvalue weighted by Crippen LogP contribution is -2.03. The predicted octanol–water partition coefficient (Wildman–Crippen LogP) is 4.72. The first-order chi connectivity index (χ1) is 8.58. The van der Waals surface area contributed by atoms with Crippen LogP contribution in [0.5, 0.6) is 0 Å². The van der Waals surface area contributed by atoms with Crippen LogP contribution in [-0.4, -0.2) is 5.97 Å². The molecule has 0 spiro atoms. The lowest BCUT2D eigenvalue weighted by atomic mass is 10.2. The number of carbonyl (C=O) groups excluding carboxylic acids is 1. The summed E-state index contributed by atoms with van der Waals surface area (Å²) in [5.74, 6) is -0.357. The molecule has 0 aliphatic rings. The first-order valence-corrected chi connectivity index (χ1v) is 6.81. The molecule has 2 aromatic rings. The minimum Gasteiger partial charge on any atom is -0.457 e. The normalized spacial score (nSPS) is 10.4. The summed E-state index contributed by atoms with van der Waals surface area (Å²) in [6.07, 6.45) is 0. The topological polar surface area (TPSA) is 26.3 Å². The van der Waals surface area contributed by atoms with Crippen molar-refractivity contribution in [2.45, 2.75) is 13.5 Å². The Hall–Kier alpha value is -1.03. The Bertz CT molecular complexity index is 558. The molecular formula is C13H10Cl2O2S. The van der Waals surface area contributed by atoms with Gasteiger partial charge in [0, 0.05) is 20.5 Å². The van der Waals surface area contributed by atoms with E-state index in [1.54, 1.807) is 24.3 Å². The Morgan fingerprint density at radius 2 is 1.89 bits per heavy atom. The molecule has 0 N–H and O–H groups in total. The first-order valence-electron chi connectivity index (χ1n) is 5.24. The summed E-state index contributed by atoms with van der Waals surface area (Å²) in [6, 6.07) is 8.80. The van der Waals surface area contributed by atoms with Crippen LogP contribution >= 0.6 is 34.5 Å². The van der Waals surface area contributed by atoms with E-state index >= 15 is 0 Å². The lowest BCUT2D eigenvalue weighted by Gasteiger charge is -2.07. The average molecular weight is 301 g/mol. The number of thiophene rings is 1. The zero-order valence-electron chi connectivity index (χ0n) is 9.57. The van der Waals surface area contributed by atoms with Crippen molar-refractivity contribution in [3.8, 4) is 0 Å². The summed E-state index contributed by atoms with van der Waals surface area (Å²) in [4.78, 5) is 13.4. The molecule has 0 saturated heterocycles. The van der Waals surface area contributed by atoms with Gasteiger partial charge in [-0.1, -0.05) is 29.3 Å². The molecule has 0 aliphatic heterocycles. The van der Waals surface area contributed by atoms with Gasteiger partial charge in [0.15, 0.2) is 0 Å². The van der Waals surface area contributed by atoms with Crippen LogP contribution in [0.2, 0.25) is 10.0 Å². The van der Waals surface area contributed by atoms with Crippen molar-refractivity contribution < 1.29 is 9.53 Å². The van der Waals surface area contributed by atoms with Crippen LogP contribution in [0.1, 0.15) is 20.1 Å². The van der Waals surface area contributed by atoms with Crippen molar-refractivity contribution in [2.24, 2.45) is 0 Å². The van der Waals surface area contributed by atoms with E-state index in [2.05, 4.69) is 0 Å². The maximum Gasteiger partial charge on any atom is 0.348 e. The zero-order chi connectivity index (χ0) is 13.1. The second-order valence-electron chi connectivity index (χ2n) is 3.69. The molecule has 0 fully saturated rings. The Morgan fingerprint density at radius 3 is 2.44 bits per heavy atom. The predicted molar refractivity (Wildman–Crippen MR) is 74.6 cm³/mol. The largest absolute Gasteiger partial charge is 0.457 e. The van der Waals surface area contributed by atoms with Crippen LogP contribution in [0.25, 0.3) is 0 Å². The van der Waals surface area contributed by atoms with E-state index in [0.29, 0.717) is 20.5 Å². The molecule has 0 bridgehead atoms. The van der Waals surface area contributed by atoms with Crippen LogP contribution in [0, 0.1) is 6.92 Å². The van der Waals surface area contributed by atoms with Gasteiger partial charge >= 0.3 is 5.97 Å². The molecule has 94 valence electrons. The number of aryl methyl sites for hydroxylation is 1. The van der Waals surface area contributed by atoms with Crippen molar-refractivity contribution >= 4 is 40.5 Å². The van der Waals surface area contributed by atoms with Crippen LogP contribution in [-0.2, 0) is 11.3 Å². The summed E-state index contributed by atoms with van der Waals surface area (Å²) < 4.78 is 5.19. The lowest BCUT2D eigenvalue weighted by molar-refractivity contribution is 0.0479. The van der Waals surface area contributed by atoms with Crippen molar-refractivity contribution in [3.05, 3.63) is 55.7 Å². The number of benzene rings is 1. The van der Waals surface area contributed by atoms with E-state index in [1.165, 1.54) is 11.3 Å². The van der Waals surface area contributed by atoms with E-state index in [1.807, 2.05) is 13.0 Å². The summed E-state index contributed by atoms with van der Waals surface area (Å²) in [6.45, 7) is 2.01. The summed E-state index contributed by atoms with van der Waals surface area (Å²) in [7, 11) is 0. The molecule has 1 aromatic heterocycles. The van der Waals surface area contributed by atoms with Crippen molar-refractivity contribution in [1.29, 1.82) is 0 Å². The molecule has 0 radical (unpaired) electrons. The monoisotopic (exact) mass is 300 g/mol. The fourth-order valence-corrected chi connectivity index (χ4v) is 2.69. The van der Waals surface area contributed by atoms with Gasteiger partial charge in [0.05, 0.1) is 0 Å². The minimum absolute atomic E-state index is 0.0777. The molecule has 18 heavy (non-hydrogen) atoms. The fourth-order valence-electron chi connectivity index (χ4n) is 1.42. The van der Waals surface area contributed by atoms with Gasteiger partial charge in [0.1, 0.15) is 11.5 Å². The molecule has 0 aliphatic carbocycles. The van der Waals surface area contributed by atoms with Gasteiger partial charge in [-0.05, 0) is 31.2 Å². The van der Waals surface area contributed by atoms with E-state index in [-0.39, 0.29) is 12.6 Å². The van der Waals surface area contributed by atoms with Gasteiger partial charge in [-0.25, -0.2) is 4.79 Å². The molecule has 0 unspecified atom stereocenters. The molecule has 2 nitrogen and oxygen atoms in total. The second-order valence-corrected chi connectivity index (χ2v) is 5.79. The molecule has 0 amide bonds. The number of ether oxygens (including phenoxy) is 1. The van der Waals surface area contributed by atoms with E-state index < -0.39 is 0 Å². The number of esters is 1. The van der Waals surface area contributed by atoms with Gasteiger partial charge < -0.3 is 4.74 Å². The average Bonchev–Trinajstić information content (AvgIpc) is 2.75. The van der Waals surface area contributed by atoms with E-state index in [0.717, 1.165) is 4.88 Å². The van der Waals surface area contributed by atoms with Crippen LogP contribution in [0.4, 0.5) is 0 Å². The smallest absolute Gasteiger partial charge is 0.348 e. The van der Waals surface area contributed by atoms with Crippen molar-refractivity contribution in [3.63, 3.8) is 0 Å². The summed E-state index contributed by atoms with van der Waals surface area (Å²) in [5, 5.41) is 0.996. The quantitative estimate of drug-likeness (QED) is 0.767. The Kier molecular flexibility index (Phi) is 4.27. The van der Waals surface area contributed by atoms with E-state index in [9.17, 15) is 4.79 Å². The molecular weight excluding hydrogens is 291 g/mol. The minimum atomic E-state index is -0.357. The molecule has 5 heteroatoms. The third-order valence-electron chi connectivity index (χ3n) is 2.35. The van der Waals surface area contributed by atoms with Gasteiger partial charge in [0.25, 0.3) is 0 Å². The van der Waals surface area contributed by atoms with Crippen molar-refractivity contribution in [2.75, 3.05) is 0 Å². The number of halogens is 2. The van der Waals surface area contributed by atoms with Gasteiger partial charge in [-0.3, -0.25) is 0 Å². The second kappa shape index (κ2) is 5.74. The molecule has 1 aromatic carbocycles. The van der Waals surface area contributed by atoms with Crippen LogP contribution in [0.15, 0.2) is 30.3 Å². The maximum atomic E-state index is 11.8. The Balaban J connectivity index is 2.06. The van der Waals surface area contributed by atoms with Gasteiger partial charge in [-0.2, -0.15) is 0 Å². The number of hydrogen-bond donors (Lipinski definition) is 0. The highest BCUT2D eigenvalue weighted by Gasteiger charge is 2.12.